The molecule has 2 N–H and O–H groups in total. The summed E-state index contributed by atoms with van der Waals surface area (Å²) in [6.07, 6.45) is 1.05. The lowest BCUT2D eigenvalue weighted by atomic mass is 10.1. The molecule has 0 spiro atoms. The molecule has 0 amide bonds. The Kier molecular flexibility index (Phi) is 3.69. The first-order valence-corrected chi connectivity index (χ1v) is 5.95. The van der Waals surface area contributed by atoms with Crippen LogP contribution in [0.3, 0.4) is 0 Å². The van der Waals surface area contributed by atoms with Gasteiger partial charge >= 0.3 is 0 Å². The Morgan fingerprint density at radius 2 is 2.35 bits per heavy atom. The van der Waals surface area contributed by atoms with Crippen molar-refractivity contribution in [2.24, 2.45) is 11.7 Å². The van der Waals surface area contributed by atoms with Crippen LogP contribution in [0.2, 0.25) is 5.02 Å². The van der Waals surface area contributed by atoms with Gasteiger partial charge in [-0.1, -0.05) is 18.2 Å². The first-order chi connectivity index (χ1) is 8.11. The highest BCUT2D eigenvalue weighted by Gasteiger charge is 2.38. The van der Waals surface area contributed by atoms with Crippen molar-refractivity contribution >= 4 is 11.6 Å². The normalized spacial score (nSPS) is 22.3. The minimum Gasteiger partial charge on any atom is -0.486 e. The molecule has 2 atom stereocenters. The molecule has 0 saturated heterocycles. The molecule has 1 aliphatic carbocycles. The number of ether oxygens (including phenoxy) is 1. The molecule has 4 heteroatoms. The molecule has 0 unspecified atom stereocenters. The van der Waals surface area contributed by atoms with Crippen LogP contribution < -0.4 is 10.5 Å². The summed E-state index contributed by atoms with van der Waals surface area (Å²) in [5.41, 5.74) is 6.65. The van der Waals surface area contributed by atoms with Gasteiger partial charge in [-0.15, -0.1) is 0 Å². The summed E-state index contributed by atoms with van der Waals surface area (Å²) in [5, 5.41) is 0.661. The highest BCUT2D eigenvalue weighted by molar-refractivity contribution is 6.30. The summed E-state index contributed by atoms with van der Waals surface area (Å²) < 4.78 is 18.0. The van der Waals surface area contributed by atoms with E-state index in [0.29, 0.717) is 29.2 Å². The van der Waals surface area contributed by atoms with Gasteiger partial charge in [0.05, 0.1) is 0 Å². The van der Waals surface area contributed by atoms with Crippen LogP contribution >= 0.6 is 11.6 Å². The highest BCUT2D eigenvalue weighted by Crippen LogP contribution is 2.50. The second-order valence-electron chi connectivity index (χ2n) is 4.33. The molecule has 2 rings (SSSR count). The van der Waals surface area contributed by atoms with Crippen molar-refractivity contribution in [2.45, 2.75) is 12.3 Å². The van der Waals surface area contributed by atoms with Gasteiger partial charge in [0.1, 0.15) is 18.2 Å². The smallest absolute Gasteiger partial charge is 0.139 e. The van der Waals surface area contributed by atoms with Crippen LogP contribution in [-0.4, -0.2) is 13.2 Å². The average Bonchev–Trinajstić information content (AvgIpc) is 3.06. The maximum Gasteiger partial charge on any atom is 0.139 e. The van der Waals surface area contributed by atoms with Crippen LogP contribution in [0.15, 0.2) is 30.6 Å². The minimum atomic E-state index is -0.489. The molecule has 2 nitrogen and oxygen atoms in total. The van der Waals surface area contributed by atoms with Crippen molar-refractivity contribution in [3.05, 3.63) is 41.2 Å². The maximum atomic E-state index is 12.6. The Balaban J connectivity index is 2.16. The summed E-state index contributed by atoms with van der Waals surface area (Å²) in [5.74, 6) is 1.07. The minimum absolute atomic E-state index is 0.116. The lowest BCUT2D eigenvalue weighted by molar-refractivity contribution is 0.316. The zero-order valence-corrected chi connectivity index (χ0v) is 10.2. The van der Waals surface area contributed by atoms with Crippen molar-refractivity contribution in [1.29, 1.82) is 0 Å². The fourth-order valence-corrected chi connectivity index (χ4v) is 2.17. The van der Waals surface area contributed by atoms with E-state index in [2.05, 4.69) is 6.58 Å². The average molecular weight is 256 g/mol. The first-order valence-electron chi connectivity index (χ1n) is 5.57. The third-order valence-electron chi connectivity index (χ3n) is 2.98. The molecule has 1 saturated carbocycles. The van der Waals surface area contributed by atoms with Crippen LogP contribution in [0.25, 0.3) is 0 Å². The van der Waals surface area contributed by atoms with E-state index in [4.69, 9.17) is 22.1 Å². The van der Waals surface area contributed by atoms with E-state index in [-0.39, 0.29) is 6.61 Å². The number of benzene rings is 1. The van der Waals surface area contributed by atoms with E-state index in [1.54, 1.807) is 12.1 Å². The standard InChI is InChI=1S/C13H15ClFNO/c1-8(15)7-17-13-3-2-10(14)5-12(13)11-4-9(11)6-16/h2-3,5,9,11H,1,4,6-7,16H2/t9-,11+/m1/s1. The van der Waals surface area contributed by atoms with Gasteiger partial charge in [0, 0.05) is 5.02 Å². The van der Waals surface area contributed by atoms with Gasteiger partial charge in [-0.2, -0.15) is 0 Å². The molecule has 1 aliphatic rings. The zero-order chi connectivity index (χ0) is 12.4. The van der Waals surface area contributed by atoms with E-state index in [1.165, 1.54) is 0 Å². The van der Waals surface area contributed by atoms with E-state index < -0.39 is 5.83 Å². The molecule has 1 fully saturated rings. The fourth-order valence-electron chi connectivity index (χ4n) is 1.99. The summed E-state index contributed by atoms with van der Waals surface area (Å²) >= 11 is 5.96. The van der Waals surface area contributed by atoms with Crippen LogP contribution in [0, 0.1) is 5.92 Å². The molecular formula is C13H15ClFNO. The van der Waals surface area contributed by atoms with Crippen molar-refractivity contribution in [2.75, 3.05) is 13.2 Å². The number of hydrogen-bond acceptors (Lipinski definition) is 2. The SMILES string of the molecule is C=C(F)COc1ccc(Cl)cc1[C@H]1C[C@@H]1CN. The van der Waals surface area contributed by atoms with E-state index in [0.717, 1.165) is 12.0 Å². The Labute approximate surface area is 105 Å². The molecular weight excluding hydrogens is 241 g/mol. The van der Waals surface area contributed by atoms with Gasteiger partial charge in [0.2, 0.25) is 0 Å². The van der Waals surface area contributed by atoms with Gasteiger partial charge in [0.25, 0.3) is 0 Å². The summed E-state index contributed by atoms with van der Waals surface area (Å²) in [6, 6.07) is 5.38. The van der Waals surface area contributed by atoms with Crippen LogP contribution in [0.1, 0.15) is 17.9 Å². The number of hydrogen-bond donors (Lipinski definition) is 1. The third kappa shape index (κ3) is 2.99. The van der Waals surface area contributed by atoms with E-state index >= 15 is 0 Å². The van der Waals surface area contributed by atoms with Crippen LogP contribution in [-0.2, 0) is 0 Å². The van der Waals surface area contributed by atoms with Crippen LogP contribution in [0.4, 0.5) is 4.39 Å². The topological polar surface area (TPSA) is 35.2 Å². The lowest BCUT2D eigenvalue weighted by Gasteiger charge is -2.11. The van der Waals surface area contributed by atoms with Gasteiger partial charge in [-0.05, 0) is 48.6 Å². The molecule has 17 heavy (non-hydrogen) atoms. The lowest BCUT2D eigenvalue weighted by Crippen LogP contribution is -2.04. The maximum absolute atomic E-state index is 12.6. The molecule has 0 aromatic heterocycles. The molecule has 1 aromatic rings. The van der Waals surface area contributed by atoms with Gasteiger partial charge in [0.15, 0.2) is 0 Å². The third-order valence-corrected chi connectivity index (χ3v) is 3.22. The van der Waals surface area contributed by atoms with Crippen LogP contribution in [0.5, 0.6) is 5.75 Å². The second kappa shape index (κ2) is 5.07. The van der Waals surface area contributed by atoms with Crippen molar-refractivity contribution in [3.8, 4) is 5.75 Å². The highest BCUT2D eigenvalue weighted by atomic mass is 35.5. The number of rotatable bonds is 5. The Morgan fingerprint density at radius 3 is 2.94 bits per heavy atom. The fraction of sp³-hybridized carbons (Fsp3) is 0.385. The zero-order valence-electron chi connectivity index (χ0n) is 9.46. The first kappa shape index (κ1) is 12.4. The number of halogens is 2. The monoisotopic (exact) mass is 255 g/mol. The van der Waals surface area contributed by atoms with E-state index in [1.807, 2.05) is 6.07 Å². The van der Waals surface area contributed by atoms with Gasteiger partial charge in [-0.3, -0.25) is 0 Å². The summed E-state index contributed by atoms with van der Waals surface area (Å²) in [7, 11) is 0. The summed E-state index contributed by atoms with van der Waals surface area (Å²) in [4.78, 5) is 0. The molecule has 0 heterocycles. The quantitative estimate of drug-likeness (QED) is 0.877. The molecule has 0 radical (unpaired) electrons. The Morgan fingerprint density at radius 1 is 1.59 bits per heavy atom. The Bertz CT molecular complexity index is 435. The van der Waals surface area contributed by atoms with Gasteiger partial charge < -0.3 is 10.5 Å². The van der Waals surface area contributed by atoms with Gasteiger partial charge in [-0.25, -0.2) is 4.39 Å². The molecule has 0 bridgehead atoms. The van der Waals surface area contributed by atoms with Crippen molar-refractivity contribution in [3.63, 3.8) is 0 Å². The van der Waals surface area contributed by atoms with E-state index in [9.17, 15) is 4.39 Å². The molecule has 92 valence electrons. The number of nitrogens with two attached hydrogens (primary N) is 1. The van der Waals surface area contributed by atoms with Crippen molar-refractivity contribution in [1.82, 2.24) is 0 Å². The Hall–Kier alpha value is -1.06. The molecule has 0 aliphatic heterocycles. The largest absolute Gasteiger partial charge is 0.486 e. The summed E-state index contributed by atoms with van der Waals surface area (Å²) in [6.45, 7) is 3.71. The predicted octanol–water partition coefficient (Wildman–Crippen LogP) is 3.26. The predicted molar refractivity (Wildman–Crippen MR) is 67.1 cm³/mol. The van der Waals surface area contributed by atoms with Crippen molar-refractivity contribution < 1.29 is 9.13 Å². The second-order valence-corrected chi connectivity index (χ2v) is 4.76. The molecule has 1 aromatic carbocycles.